The van der Waals surface area contributed by atoms with Gasteiger partial charge in [-0.25, -0.2) is 19.6 Å². The summed E-state index contributed by atoms with van der Waals surface area (Å²) in [6.45, 7) is 15.3. The highest BCUT2D eigenvalue weighted by Gasteiger charge is 2.26. The number of pyridine rings is 1. The molecule has 0 saturated heterocycles. The summed E-state index contributed by atoms with van der Waals surface area (Å²) in [7, 11) is 0. The van der Waals surface area contributed by atoms with Crippen molar-refractivity contribution in [3.05, 3.63) is 30.1 Å². The van der Waals surface area contributed by atoms with Crippen LogP contribution in [-0.2, 0) is 36.9 Å². The van der Waals surface area contributed by atoms with Gasteiger partial charge in [-0.3, -0.25) is 9.59 Å². The van der Waals surface area contributed by atoms with Crippen molar-refractivity contribution in [2.45, 2.75) is 92.1 Å². The number of anilines is 1. The Hall–Kier alpha value is -4.27. The average Bonchev–Trinajstić information content (AvgIpc) is 3.34. The fraction of sp³-hybridized carbons (Fsp3) is 0.576. The van der Waals surface area contributed by atoms with Crippen LogP contribution < -0.4 is 16.4 Å². The van der Waals surface area contributed by atoms with Crippen molar-refractivity contribution in [2.75, 3.05) is 36.9 Å². The number of alkyl carbamates (subject to hydrolysis) is 1. The van der Waals surface area contributed by atoms with E-state index in [9.17, 15) is 19.2 Å². The lowest BCUT2D eigenvalue weighted by molar-refractivity contribution is -0.140. The summed E-state index contributed by atoms with van der Waals surface area (Å²) in [5, 5.41) is 6.43. The first-order chi connectivity index (χ1) is 22.5. The second-order valence-corrected chi connectivity index (χ2v) is 14.3. The van der Waals surface area contributed by atoms with Crippen LogP contribution in [0.4, 0.5) is 15.4 Å². The molecule has 0 radical (unpaired) electrons. The van der Waals surface area contributed by atoms with Gasteiger partial charge in [-0.2, -0.15) is 11.8 Å². The van der Waals surface area contributed by atoms with Crippen molar-refractivity contribution in [3.63, 3.8) is 0 Å². The molecule has 0 aliphatic heterocycles. The summed E-state index contributed by atoms with van der Waals surface area (Å²) in [4.78, 5) is 60.8. The Bertz CT molecular complexity index is 1600. The first-order valence-corrected chi connectivity index (χ1v) is 17.1. The number of hydrogen-bond acceptors (Lipinski definition) is 11. The van der Waals surface area contributed by atoms with Crippen LogP contribution in [-0.4, -0.2) is 91.9 Å². The van der Waals surface area contributed by atoms with Crippen LogP contribution in [0, 0.1) is 0 Å². The molecular formula is C33H49N7O7S. The van der Waals surface area contributed by atoms with Crippen LogP contribution in [0.5, 0.6) is 0 Å². The van der Waals surface area contributed by atoms with E-state index in [4.69, 9.17) is 24.9 Å². The SMILES string of the molecule is CCN(Cc1nc2c(N)nc3ccccc3c2n1CCCNC(=O)[C@H](CSCCOC(C)=O)NC(=O)OC(C)(C)C)C(=O)OC(C)(C)C. The topological polar surface area (TPSA) is 180 Å². The molecule has 0 aliphatic rings. The fourth-order valence-electron chi connectivity index (χ4n) is 4.72. The third-order valence-electron chi connectivity index (χ3n) is 6.74. The standard InChI is InChI=1S/C33H49N7O7S/c1-9-39(31(44)47-33(6,7)8)19-25-38-26-27(22-13-10-11-14-23(22)36-28(26)34)40(25)16-12-15-35-29(42)24(20-48-18-17-45-21(2)41)37-30(43)46-32(3,4)5/h10-11,13-14,24H,9,12,15-20H2,1-8H3,(H2,34,36)(H,35,42)(H,37,43)/t24-/m0/s1. The molecule has 1 aromatic carbocycles. The molecule has 0 fully saturated rings. The maximum Gasteiger partial charge on any atom is 0.410 e. The molecule has 0 unspecified atom stereocenters. The second-order valence-electron chi connectivity index (χ2n) is 13.1. The van der Waals surface area contributed by atoms with Gasteiger partial charge in [0.2, 0.25) is 5.91 Å². The number of para-hydroxylation sites is 1. The molecule has 3 rings (SSSR count). The zero-order chi connectivity index (χ0) is 35.6. The summed E-state index contributed by atoms with van der Waals surface area (Å²) >= 11 is 1.37. The number of imidazole rings is 1. The molecular weight excluding hydrogens is 638 g/mol. The number of amides is 3. The number of fused-ring (bicyclic) bond motifs is 3. The molecule has 1 atom stereocenters. The maximum atomic E-state index is 13.3. The summed E-state index contributed by atoms with van der Waals surface area (Å²) in [5.41, 5.74) is 7.00. The first-order valence-electron chi connectivity index (χ1n) is 16.0. The molecule has 0 saturated carbocycles. The van der Waals surface area contributed by atoms with E-state index in [0.29, 0.717) is 42.1 Å². The average molecular weight is 688 g/mol. The molecule has 4 N–H and O–H groups in total. The number of nitrogens with zero attached hydrogens (tertiary/aromatic N) is 4. The van der Waals surface area contributed by atoms with Gasteiger partial charge in [0, 0.05) is 43.4 Å². The largest absolute Gasteiger partial charge is 0.465 e. The van der Waals surface area contributed by atoms with Crippen molar-refractivity contribution < 1.29 is 33.4 Å². The highest BCUT2D eigenvalue weighted by Crippen LogP contribution is 2.29. The third kappa shape index (κ3) is 11.5. The van der Waals surface area contributed by atoms with Gasteiger partial charge >= 0.3 is 18.2 Å². The highest BCUT2D eigenvalue weighted by molar-refractivity contribution is 7.99. The van der Waals surface area contributed by atoms with E-state index >= 15 is 0 Å². The number of carbonyl (C=O) groups is 4. The number of hydrogen-bond donors (Lipinski definition) is 3. The van der Waals surface area contributed by atoms with E-state index in [1.54, 1.807) is 25.7 Å². The molecule has 2 aromatic heterocycles. The van der Waals surface area contributed by atoms with Gasteiger partial charge < -0.3 is 40.0 Å². The van der Waals surface area contributed by atoms with Crippen LogP contribution in [0.3, 0.4) is 0 Å². The van der Waals surface area contributed by atoms with Gasteiger partial charge in [0.15, 0.2) is 5.82 Å². The summed E-state index contributed by atoms with van der Waals surface area (Å²) in [6, 6.07) is 6.75. The van der Waals surface area contributed by atoms with Crippen LogP contribution in [0.15, 0.2) is 24.3 Å². The highest BCUT2D eigenvalue weighted by atomic mass is 32.2. The maximum absolute atomic E-state index is 13.3. The Morgan fingerprint density at radius 2 is 1.73 bits per heavy atom. The van der Waals surface area contributed by atoms with Crippen molar-refractivity contribution in [3.8, 4) is 0 Å². The molecule has 15 heteroatoms. The van der Waals surface area contributed by atoms with Crippen molar-refractivity contribution >= 4 is 63.6 Å². The van der Waals surface area contributed by atoms with Gasteiger partial charge in [-0.15, -0.1) is 0 Å². The fourth-order valence-corrected chi connectivity index (χ4v) is 5.56. The Labute approximate surface area is 285 Å². The minimum Gasteiger partial charge on any atom is -0.465 e. The van der Waals surface area contributed by atoms with E-state index in [1.165, 1.54) is 18.7 Å². The normalized spacial score (nSPS) is 12.4. The summed E-state index contributed by atoms with van der Waals surface area (Å²) < 4.78 is 18.0. The van der Waals surface area contributed by atoms with E-state index in [-0.39, 0.29) is 43.1 Å². The van der Waals surface area contributed by atoms with Crippen LogP contribution in [0.2, 0.25) is 0 Å². The summed E-state index contributed by atoms with van der Waals surface area (Å²) in [5.74, 6) is 0.822. The number of nitrogens with one attached hydrogen (secondary N) is 2. The number of thioether (sulfide) groups is 1. The lowest BCUT2D eigenvalue weighted by Gasteiger charge is -2.26. The number of nitrogens with two attached hydrogens (primary N) is 1. The molecule has 3 aromatic rings. The van der Waals surface area contributed by atoms with Crippen LogP contribution >= 0.6 is 11.8 Å². The van der Waals surface area contributed by atoms with Crippen molar-refractivity contribution in [2.24, 2.45) is 0 Å². The zero-order valence-electron chi connectivity index (χ0n) is 29.2. The van der Waals surface area contributed by atoms with Crippen molar-refractivity contribution in [1.82, 2.24) is 30.1 Å². The molecule has 0 aliphatic carbocycles. The third-order valence-corrected chi connectivity index (χ3v) is 7.76. The molecule has 3 amide bonds. The Morgan fingerprint density at radius 3 is 2.38 bits per heavy atom. The number of nitrogen functional groups attached to an aromatic ring is 1. The Kier molecular flexibility index (Phi) is 13.3. The molecule has 14 nitrogen and oxygen atoms in total. The Balaban J connectivity index is 1.80. The second kappa shape index (κ2) is 16.7. The van der Waals surface area contributed by atoms with Gasteiger partial charge in [0.25, 0.3) is 0 Å². The smallest absolute Gasteiger partial charge is 0.410 e. The van der Waals surface area contributed by atoms with E-state index in [2.05, 4.69) is 15.6 Å². The molecule has 0 spiro atoms. The number of ether oxygens (including phenoxy) is 3. The van der Waals surface area contributed by atoms with Crippen LogP contribution in [0.1, 0.15) is 67.6 Å². The number of benzene rings is 1. The predicted molar refractivity (Wildman–Crippen MR) is 187 cm³/mol. The van der Waals surface area contributed by atoms with E-state index in [0.717, 1.165) is 10.9 Å². The van der Waals surface area contributed by atoms with Crippen molar-refractivity contribution in [1.29, 1.82) is 0 Å². The Morgan fingerprint density at radius 1 is 1.04 bits per heavy atom. The molecule has 2 heterocycles. The van der Waals surface area contributed by atoms with Crippen LogP contribution in [0.25, 0.3) is 21.9 Å². The number of carbonyl (C=O) groups excluding carboxylic acids is 4. The monoisotopic (exact) mass is 687 g/mol. The molecule has 264 valence electrons. The van der Waals surface area contributed by atoms with Gasteiger partial charge in [0.05, 0.1) is 17.6 Å². The quantitative estimate of drug-likeness (QED) is 0.122. The number of rotatable bonds is 14. The first kappa shape index (κ1) is 38.2. The zero-order valence-corrected chi connectivity index (χ0v) is 30.0. The van der Waals surface area contributed by atoms with Gasteiger partial charge in [-0.1, -0.05) is 18.2 Å². The minimum atomic E-state index is -0.881. The van der Waals surface area contributed by atoms with Gasteiger partial charge in [0.1, 0.15) is 35.2 Å². The van der Waals surface area contributed by atoms with E-state index < -0.39 is 29.4 Å². The predicted octanol–water partition coefficient (Wildman–Crippen LogP) is 4.62. The van der Waals surface area contributed by atoms with Gasteiger partial charge in [-0.05, 0) is 61.0 Å². The number of aromatic nitrogens is 3. The lowest BCUT2D eigenvalue weighted by atomic mass is 10.2. The molecule has 0 bridgehead atoms. The minimum absolute atomic E-state index is 0.173. The molecule has 48 heavy (non-hydrogen) atoms. The lowest BCUT2D eigenvalue weighted by Crippen LogP contribution is -2.49. The van der Waals surface area contributed by atoms with E-state index in [1.807, 2.05) is 56.5 Å². The summed E-state index contributed by atoms with van der Waals surface area (Å²) in [6.07, 6.45) is -0.666. The number of aryl methyl sites for hydroxylation is 1. The number of esters is 1.